The number of hydrogen-bond donors (Lipinski definition) is 2. The van der Waals surface area contributed by atoms with E-state index < -0.39 is 23.0 Å². The van der Waals surface area contributed by atoms with Gasteiger partial charge >= 0.3 is 5.97 Å². The zero-order valence-electron chi connectivity index (χ0n) is 10.6. The van der Waals surface area contributed by atoms with Gasteiger partial charge in [0.1, 0.15) is 0 Å². The number of carboxylic acid groups (broad SMARTS) is 1. The fourth-order valence-corrected chi connectivity index (χ4v) is 2.07. The van der Waals surface area contributed by atoms with Crippen LogP contribution in [0, 0.1) is 0 Å². The van der Waals surface area contributed by atoms with Crippen molar-refractivity contribution < 1.29 is 23.5 Å². The van der Waals surface area contributed by atoms with E-state index in [0.29, 0.717) is 5.69 Å². The second-order valence-electron chi connectivity index (χ2n) is 4.06. The number of carboxylic acids is 1. The highest BCUT2D eigenvalue weighted by atomic mass is 32.2. The summed E-state index contributed by atoms with van der Waals surface area (Å²) in [6.45, 7) is 0. The minimum Gasteiger partial charge on any atom is -0.768 e. The summed E-state index contributed by atoms with van der Waals surface area (Å²) in [5.74, 6) is -1.78. The van der Waals surface area contributed by atoms with Crippen molar-refractivity contribution in [2.75, 3.05) is 5.32 Å². The molecule has 2 N–H and O–H groups in total. The van der Waals surface area contributed by atoms with Crippen LogP contribution in [0.15, 0.2) is 53.4 Å². The molecule has 1 atom stereocenters. The fourth-order valence-electron chi connectivity index (χ4n) is 1.72. The van der Waals surface area contributed by atoms with Crippen LogP contribution in [0.25, 0.3) is 0 Å². The maximum Gasteiger partial charge on any atom is 0.336 e. The summed E-state index contributed by atoms with van der Waals surface area (Å²) < 4.78 is 21.4. The lowest BCUT2D eigenvalue weighted by molar-refractivity contribution is 0.0692. The first-order chi connectivity index (χ1) is 9.99. The second-order valence-corrected chi connectivity index (χ2v) is 5.00. The zero-order chi connectivity index (χ0) is 15.4. The second kappa shape index (κ2) is 6.29. The van der Waals surface area contributed by atoms with Crippen LogP contribution in [0.1, 0.15) is 20.7 Å². The van der Waals surface area contributed by atoms with Gasteiger partial charge in [-0.1, -0.05) is 12.1 Å². The van der Waals surface area contributed by atoms with E-state index in [1.807, 2.05) is 0 Å². The predicted octanol–water partition coefficient (Wildman–Crippen LogP) is 1.88. The Balaban J connectivity index is 2.22. The van der Waals surface area contributed by atoms with Gasteiger partial charge in [0.2, 0.25) is 0 Å². The summed E-state index contributed by atoms with van der Waals surface area (Å²) in [7, 11) is 0. The first kappa shape index (κ1) is 14.9. The Labute approximate surface area is 122 Å². The number of benzene rings is 2. The lowest BCUT2D eigenvalue weighted by atomic mass is 10.1. The van der Waals surface area contributed by atoms with Gasteiger partial charge in [0, 0.05) is 10.6 Å². The van der Waals surface area contributed by atoms with Gasteiger partial charge in [0.15, 0.2) is 0 Å². The van der Waals surface area contributed by atoms with Gasteiger partial charge in [-0.15, -0.1) is 0 Å². The highest BCUT2D eigenvalue weighted by Crippen LogP contribution is 2.15. The van der Waals surface area contributed by atoms with Crippen molar-refractivity contribution in [1.82, 2.24) is 0 Å². The molecule has 6 nitrogen and oxygen atoms in total. The number of aromatic carboxylic acids is 1. The van der Waals surface area contributed by atoms with E-state index in [-0.39, 0.29) is 16.0 Å². The third kappa shape index (κ3) is 3.53. The van der Waals surface area contributed by atoms with Gasteiger partial charge in [-0.25, -0.2) is 4.79 Å². The monoisotopic (exact) mass is 304 g/mol. The Morgan fingerprint density at radius 1 is 1.00 bits per heavy atom. The molecule has 2 aromatic rings. The number of anilines is 1. The summed E-state index contributed by atoms with van der Waals surface area (Å²) in [5.41, 5.74) is 0.295. The quantitative estimate of drug-likeness (QED) is 0.839. The van der Waals surface area contributed by atoms with Crippen molar-refractivity contribution in [3.63, 3.8) is 0 Å². The van der Waals surface area contributed by atoms with Gasteiger partial charge in [-0.2, -0.15) is 0 Å². The van der Waals surface area contributed by atoms with E-state index in [0.717, 1.165) is 0 Å². The summed E-state index contributed by atoms with van der Waals surface area (Å²) in [5, 5.41) is 11.5. The summed E-state index contributed by atoms with van der Waals surface area (Å²) >= 11 is -2.34. The molecule has 2 aromatic carbocycles. The zero-order valence-corrected chi connectivity index (χ0v) is 11.4. The first-order valence-corrected chi connectivity index (χ1v) is 6.89. The minimum absolute atomic E-state index is 0.0291. The van der Waals surface area contributed by atoms with E-state index >= 15 is 0 Å². The van der Waals surface area contributed by atoms with Crippen molar-refractivity contribution in [2.24, 2.45) is 0 Å². The molecule has 0 aliphatic rings. The Bertz CT molecular complexity index is 712. The van der Waals surface area contributed by atoms with Crippen molar-refractivity contribution in [1.29, 1.82) is 0 Å². The molecule has 1 unspecified atom stereocenters. The van der Waals surface area contributed by atoms with Crippen LogP contribution in [0.5, 0.6) is 0 Å². The Morgan fingerprint density at radius 2 is 1.57 bits per heavy atom. The van der Waals surface area contributed by atoms with Crippen molar-refractivity contribution >= 4 is 28.6 Å². The van der Waals surface area contributed by atoms with Gasteiger partial charge in [-0.05, 0) is 47.5 Å². The molecular weight excluding hydrogens is 294 g/mol. The normalized spacial score (nSPS) is 11.7. The van der Waals surface area contributed by atoms with Crippen LogP contribution in [0.3, 0.4) is 0 Å². The molecule has 7 heteroatoms. The fraction of sp³-hybridized carbons (Fsp3) is 0. The molecule has 0 aliphatic heterocycles. The third-order valence-corrected chi connectivity index (χ3v) is 3.36. The van der Waals surface area contributed by atoms with Crippen molar-refractivity contribution in [2.45, 2.75) is 4.90 Å². The Morgan fingerprint density at radius 3 is 2.10 bits per heavy atom. The van der Waals surface area contributed by atoms with Crippen LogP contribution >= 0.6 is 0 Å². The SMILES string of the molecule is O=C(O)c1ccccc1C(=O)Nc1ccc(S(=O)[O-])cc1. The summed E-state index contributed by atoms with van der Waals surface area (Å²) in [6.07, 6.45) is 0. The molecular formula is C14H10NO5S-. The van der Waals surface area contributed by atoms with E-state index in [9.17, 15) is 18.4 Å². The standard InChI is InChI=1S/C14H11NO5S/c16-13(11-3-1-2-4-12(11)14(17)18)15-9-5-7-10(8-6-9)21(19)20/h1-8H,(H,15,16)(H,17,18)(H,19,20)/p-1. The van der Waals surface area contributed by atoms with Gasteiger partial charge in [0.05, 0.1) is 11.1 Å². The lowest BCUT2D eigenvalue weighted by Gasteiger charge is -2.09. The van der Waals surface area contributed by atoms with E-state index in [2.05, 4.69) is 5.32 Å². The Hall–Kier alpha value is -2.51. The highest BCUT2D eigenvalue weighted by Gasteiger charge is 2.15. The molecule has 0 saturated carbocycles. The topological polar surface area (TPSA) is 107 Å². The van der Waals surface area contributed by atoms with E-state index in [4.69, 9.17) is 5.11 Å². The number of amides is 1. The molecule has 0 fully saturated rings. The average Bonchev–Trinajstić information content (AvgIpc) is 2.47. The van der Waals surface area contributed by atoms with Gasteiger partial charge in [-0.3, -0.25) is 9.00 Å². The molecule has 0 heterocycles. The van der Waals surface area contributed by atoms with Crippen molar-refractivity contribution in [3.8, 4) is 0 Å². The van der Waals surface area contributed by atoms with Crippen LogP contribution in [0.2, 0.25) is 0 Å². The number of hydrogen-bond acceptors (Lipinski definition) is 4. The minimum atomic E-state index is -2.34. The van der Waals surface area contributed by atoms with E-state index in [1.54, 1.807) is 6.07 Å². The molecule has 0 spiro atoms. The predicted molar refractivity (Wildman–Crippen MR) is 75.0 cm³/mol. The third-order valence-electron chi connectivity index (χ3n) is 2.71. The maximum absolute atomic E-state index is 12.1. The molecule has 0 radical (unpaired) electrons. The lowest BCUT2D eigenvalue weighted by Crippen LogP contribution is -2.16. The molecule has 1 amide bonds. The number of carbonyl (C=O) groups is 2. The molecule has 21 heavy (non-hydrogen) atoms. The molecule has 108 valence electrons. The van der Waals surface area contributed by atoms with E-state index in [1.165, 1.54) is 42.5 Å². The smallest absolute Gasteiger partial charge is 0.336 e. The molecule has 0 aromatic heterocycles. The number of nitrogens with one attached hydrogen (secondary N) is 1. The molecule has 2 rings (SSSR count). The van der Waals surface area contributed by atoms with Crippen LogP contribution in [-0.4, -0.2) is 25.7 Å². The highest BCUT2D eigenvalue weighted by molar-refractivity contribution is 7.79. The average molecular weight is 304 g/mol. The van der Waals surface area contributed by atoms with Crippen molar-refractivity contribution in [3.05, 3.63) is 59.7 Å². The number of rotatable bonds is 4. The molecule has 0 bridgehead atoms. The maximum atomic E-state index is 12.1. The Kier molecular flexibility index (Phi) is 4.46. The largest absolute Gasteiger partial charge is 0.768 e. The van der Waals surface area contributed by atoms with Gasteiger partial charge in [0.25, 0.3) is 5.91 Å². The van der Waals surface area contributed by atoms with Crippen LogP contribution in [-0.2, 0) is 11.1 Å². The van der Waals surface area contributed by atoms with Gasteiger partial charge < -0.3 is 15.0 Å². The summed E-state index contributed by atoms with van der Waals surface area (Å²) in [4.78, 5) is 23.2. The summed E-state index contributed by atoms with van der Waals surface area (Å²) in [6, 6.07) is 11.3. The first-order valence-electron chi connectivity index (χ1n) is 5.82. The van der Waals surface area contributed by atoms with Crippen LogP contribution < -0.4 is 5.32 Å². The van der Waals surface area contributed by atoms with Crippen LogP contribution in [0.4, 0.5) is 5.69 Å². The molecule has 0 saturated heterocycles. The number of carbonyl (C=O) groups excluding carboxylic acids is 1. The molecule has 0 aliphatic carbocycles.